The van der Waals surface area contributed by atoms with Crippen LogP contribution in [-0.4, -0.2) is 10.1 Å². The maximum atomic E-state index is 5.87. The van der Waals surface area contributed by atoms with Gasteiger partial charge in [0.25, 0.3) is 5.89 Å². The molecule has 4 heteroatoms. The highest BCUT2D eigenvalue weighted by Crippen LogP contribution is 2.20. The number of rotatable bonds is 3. The van der Waals surface area contributed by atoms with E-state index in [4.69, 9.17) is 16.1 Å². The lowest BCUT2D eigenvalue weighted by molar-refractivity contribution is 0.422. The van der Waals surface area contributed by atoms with Gasteiger partial charge < -0.3 is 4.52 Å². The first-order valence-electron chi connectivity index (χ1n) is 4.88. The van der Waals surface area contributed by atoms with E-state index in [1.165, 1.54) is 0 Å². The van der Waals surface area contributed by atoms with Gasteiger partial charge in [-0.1, -0.05) is 29.7 Å². The summed E-state index contributed by atoms with van der Waals surface area (Å²) in [5.74, 6) is 1.27. The fourth-order valence-electron chi connectivity index (χ4n) is 1.32. The van der Waals surface area contributed by atoms with E-state index < -0.39 is 0 Å². The van der Waals surface area contributed by atoms with Gasteiger partial charge in [0.2, 0.25) is 0 Å². The van der Waals surface area contributed by atoms with Gasteiger partial charge in [0, 0.05) is 17.0 Å². The zero-order valence-corrected chi connectivity index (χ0v) is 9.16. The number of hydrogen-bond acceptors (Lipinski definition) is 3. The molecule has 0 radical (unpaired) electrons. The highest BCUT2D eigenvalue weighted by atomic mass is 35.5. The lowest BCUT2D eigenvalue weighted by Gasteiger charge is -1.93. The number of halogens is 1. The molecule has 0 saturated carbocycles. The lowest BCUT2D eigenvalue weighted by Crippen LogP contribution is -1.85. The molecule has 0 fully saturated rings. The Kier molecular flexibility index (Phi) is 3.02. The number of aryl methyl sites for hydroxylation is 1. The van der Waals surface area contributed by atoms with Crippen molar-refractivity contribution < 1.29 is 4.52 Å². The Morgan fingerprint density at radius 2 is 2.27 bits per heavy atom. The SMILES string of the molecule is CCCc1noc(-c2cccc(Cl)c2)n1. The van der Waals surface area contributed by atoms with Crippen molar-refractivity contribution in [3.05, 3.63) is 35.1 Å². The van der Waals surface area contributed by atoms with Crippen LogP contribution in [0.3, 0.4) is 0 Å². The van der Waals surface area contributed by atoms with Crippen LogP contribution in [0.2, 0.25) is 5.02 Å². The highest BCUT2D eigenvalue weighted by molar-refractivity contribution is 6.30. The van der Waals surface area contributed by atoms with E-state index in [1.54, 1.807) is 0 Å². The van der Waals surface area contributed by atoms with Gasteiger partial charge in [0.1, 0.15) is 0 Å². The summed E-state index contributed by atoms with van der Waals surface area (Å²) in [6.45, 7) is 2.08. The van der Waals surface area contributed by atoms with Crippen molar-refractivity contribution in [2.45, 2.75) is 19.8 Å². The Bertz CT molecular complexity index is 453. The first kappa shape index (κ1) is 10.2. The minimum absolute atomic E-state index is 0.529. The van der Waals surface area contributed by atoms with Crippen LogP contribution < -0.4 is 0 Å². The molecule has 0 aliphatic carbocycles. The lowest BCUT2D eigenvalue weighted by atomic mass is 10.2. The molecule has 2 rings (SSSR count). The summed E-state index contributed by atoms with van der Waals surface area (Å²) in [6, 6.07) is 7.38. The normalized spacial score (nSPS) is 10.5. The van der Waals surface area contributed by atoms with Crippen LogP contribution in [0.25, 0.3) is 11.5 Å². The molecule has 1 aromatic heterocycles. The average molecular weight is 223 g/mol. The molecule has 0 spiro atoms. The Morgan fingerprint density at radius 1 is 1.40 bits per heavy atom. The predicted octanol–water partition coefficient (Wildman–Crippen LogP) is 3.34. The van der Waals surface area contributed by atoms with Crippen molar-refractivity contribution in [1.82, 2.24) is 10.1 Å². The van der Waals surface area contributed by atoms with Crippen LogP contribution in [0.15, 0.2) is 28.8 Å². The third-order valence-corrected chi connectivity index (χ3v) is 2.25. The molecule has 15 heavy (non-hydrogen) atoms. The van der Waals surface area contributed by atoms with Gasteiger partial charge in [0.05, 0.1) is 0 Å². The molecule has 0 aliphatic heterocycles. The van der Waals surface area contributed by atoms with Gasteiger partial charge in [0.15, 0.2) is 5.82 Å². The Morgan fingerprint density at radius 3 is 3.00 bits per heavy atom. The standard InChI is InChI=1S/C11H11ClN2O/c1-2-4-10-13-11(15-14-10)8-5-3-6-9(12)7-8/h3,5-7H,2,4H2,1H3. The van der Waals surface area contributed by atoms with E-state index in [9.17, 15) is 0 Å². The number of nitrogens with zero attached hydrogens (tertiary/aromatic N) is 2. The van der Waals surface area contributed by atoms with Crippen LogP contribution in [0.1, 0.15) is 19.2 Å². The molecule has 1 heterocycles. The second-order valence-electron chi connectivity index (χ2n) is 3.28. The molecule has 0 unspecified atom stereocenters. The summed E-state index contributed by atoms with van der Waals surface area (Å²) >= 11 is 5.87. The third-order valence-electron chi connectivity index (χ3n) is 2.01. The number of hydrogen-bond donors (Lipinski definition) is 0. The summed E-state index contributed by atoms with van der Waals surface area (Å²) in [5, 5.41) is 4.55. The molecule has 0 saturated heterocycles. The topological polar surface area (TPSA) is 38.9 Å². The first-order chi connectivity index (χ1) is 7.29. The maximum absolute atomic E-state index is 5.87. The predicted molar refractivity (Wildman–Crippen MR) is 58.7 cm³/mol. The van der Waals surface area contributed by atoms with E-state index in [-0.39, 0.29) is 0 Å². The van der Waals surface area contributed by atoms with E-state index >= 15 is 0 Å². The van der Waals surface area contributed by atoms with Crippen molar-refractivity contribution in [1.29, 1.82) is 0 Å². The second kappa shape index (κ2) is 4.45. The molecule has 0 atom stereocenters. The molecule has 0 aliphatic rings. The zero-order chi connectivity index (χ0) is 10.7. The molecule has 3 nitrogen and oxygen atoms in total. The van der Waals surface area contributed by atoms with Gasteiger partial charge in [-0.05, 0) is 24.6 Å². The monoisotopic (exact) mass is 222 g/mol. The van der Waals surface area contributed by atoms with Gasteiger partial charge in [-0.25, -0.2) is 0 Å². The Hall–Kier alpha value is -1.35. The summed E-state index contributed by atoms with van der Waals surface area (Å²) < 4.78 is 5.14. The molecular weight excluding hydrogens is 212 g/mol. The minimum Gasteiger partial charge on any atom is -0.334 e. The quantitative estimate of drug-likeness (QED) is 0.800. The Balaban J connectivity index is 2.29. The van der Waals surface area contributed by atoms with Crippen LogP contribution in [0.4, 0.5) is 0 Å². The first-order valence-corrected chi connectivity index (χ1v) is 5.26. The van der Waals surface area contributed by atoms with Crippen molar-refractivity contribution in [3.63, 3.8) is 0 Å². The summed E-state index contributed by atoms with van der Waals surface area (Å²) in [6.07, 6.45) is 1.85. The van der Waals surface area contributed by atoms with Crippen molar-refractivity contribution in [2.75, 3.05) is 0 Å². The van der Waals surface area contributed by atoms with E-state index in [2.05, 4.69) is 17.1 Å². The van der Waals surface area contributed by atoms with E-state index in [0.29, 0.717) is 10.9 Å². The average Bonchev–Trinajstić information content (AvgIpc) is 2.67. The largest absolute Gasteiger partial charge is 0.334 e. The number of benzene rings is 1. The Labute approximate surface area is 93.1 Å². The fraction of sp³-hybridized carbons (Fsp3) is 0.273. The van der Waals surface area contributed by atoms with Crippen molar-refractivity contribution in [2.24, 2.45) is 0 Å². The van der Waals surface area contributed by atoms with Crippen molar-refractivity contribution >= 4 is 11.6 Å². The van der Waals surface area contributed by atoms with Gasteiger partial charge in [-0.15, -0.1) is 0 Å². The minimum atomic E-state index is 0.529. The number of aromatic nitrogens is 2. The van der Waals surface area contributed by atoms with Crippen LogP contribution in [0, 0.1) is 0 Å². The summed E-state index contributed by atoms with van der Waals surface area (Å²) in [7, 11) is 0. The van der Waals surface area contributed by atoms with Crippen LogP contribution in [0.5, 0.6) is 0 Å². The van der Waals surface area contributed by atoms with Gasteiger partial charge >= 0.3 is 0 Å². The van der Waals surface area contributed by atoms with E-state index in [0.717, 1.165) is 24.2 Å². The van der Waals surface area contributed by atoms with Crippen LogP contribution in [-0.2, 0) is 6.42 Å². The zero-order valence-electron chi connectivity index (χ0n) is 8.40. The van der Waals surface area contributed by atoms with Gasteiger partial charge in [-0.3, -0.25) is 0 Å². The summed E-state index contributed by atoms with van der Waals surface area (Å²) in [5.41, 5.74) is 0.859. The van der Waals surface area contributed by atoms with Crippen molar-refractivity contribution in [3.8, 4) is 11.5 Å². The molecule has 2 aromatic rings. The molecule has 0 N–H and O–H groups in total. The smallest absolute Gasteiger partial charge is 0.257 e. The summed E-state index contributed by atoms with van der Waals surface area (Å²) in [4.78, 5) is 4.27. The molecule has 0 amide bonds. The second-order valence-corrected chi connectivity index (χ2v) is 3.71. The molecule has 0 bridgehead atoms. The van der Waals surface area contributed by atoms with Crippen LogP contribution >= 0.6 is 11.6 Å². The molecule has 78 valence electrons. The van der Waals surface area contributed by atoms with Gasteiger partial charge in [-0.2, -0.15) is 4.98 Å². The van der Waals surface area contributed by atoms with E-state index in [1.807, 2.05) is 24.3 Å². The third kappa shape index (κ3) is 2.36. The molecule has 1 aromatic carbocycles. The fourth-order valence-corrected chi connectivity index (χ4v) is 1.51. The molecular formula is C11H11ClN2O. The highest BCUT2D eigenvalue weighted by Gasteiger charge is 2.07. The maximum Gasteiger partial charge on any atom is 0.257 e.